The number of aromatic nitrogens is 2. The molecule has 7 nitrogen and oxygen atoms in total. The summed E-state index contributed by atoms with van der Waals surface area (Å²) in [5, 5.41) is 15.3. The maximum Gasteiger partial charge on any atom is 0.221 e. The molecule has 0 aliphatic carbocycles. The third-order valence-electron chi connectivity index (χ3n) is 3.41. The first-order valence-corrected chi connectivity index (χ1v) is 7.32. The van der Waals surface area contributed by atoms with Gasteiger partial charge in [-0.05, 0) is 17.7 Å². The number of hydrogen-bond acceptors (Lipinski definition) is 5. The Kier molecular flexibility index (Phi) is 4.33. The fourth-order valence-electron chi connectivity index (χ4n) is 2.25. The summed E-state index contributed by atoms with van der Waals surface area (Å²) >= 11 is 0. The van der Waals surface area contributed by atoms with Crippen molar-refractivity contribution in [3.63, 3.8) is 0 Å². The highest BCUT2D eigenvalue weighted by Gasteiger charge is 2.12. The molecule has 0 fully saturated rings. The summed E-state index contributed by atoms with van der Waals surface area (Å²) in [4.78, 5) is 11.0. The molecule has 0 bridgehead atoms. The molecule has 3 rings (SSSR count). The average molecular weight is 320 g/mol. The zero-order chi connectivity index (χ0) is 16.9. The Morgan fingerprint density at radius 3 is 2.42 bits per heavy atom. The predicted octanol–water partition coefficient (Wildman–Crippen LogP) is 3.10. The number of nitrogens with two attached hydrogens (primary N) is 2. The highest BCUT2D eigenvalue weighted by atomic mass is 16.1. The van der Waals surface area contributed by atoms with Crippen LogP contribution < -0.4 is 11.5 Å². The van der Waals surface area contributed by atoms with E-state index < -0.39 is 0 Å². The van der Waals surface area contributed by atoms with Crippen LogP contribution in [0.3, 0.4) is 0 Å². The van der Waals surface area contributed by atoms with Crippen LogP contribution in [0.4, 0.5) is 17.2 Å². The second-order valence-corrected chi connectivity index (χ2v) is 5.21. The third kappa shape index (κ3) is 3.46. The number of nitrogens with one attached hydrogen (secondary N) is 1. The molecule has 0 aliphatic heterocycles. The summed E-state index contributed by atoms with van der Waals surface area (Å²) in [5.41, 5.74) is 14.6. The molecule has 0 unspecified atom stereocenters. The summed E-state index contributed by atoms with van der Waals surface area (Å²) in [7, 11) is 0. The van der Waals surface area contributed by atoms with Gasteiger partial charge in [0.1, 0.15) is 0 Å². The van der Waals surface area contributed by atoms with Gasteiger partial charge in [0.2, 0.25) is 5.91 Å². The molecule has 2 aromatic carbocycles. The fraction of sp³-hybridized carbons (Fsp3) is 0.0588. The van der Waals surface area contributed by atoms with Crippen molar-refractivity contribution in [2.75, 3.05) is 5.73 Å². The van der Waals surface area contributed by atoms with Gasteiger partial charge in [0.15, 0.2) is 11.5 Å². The van der Waals surface area contributed by atoms with Crippen LogP contribution in [0, 0.1) is 0 Å². The molecule has 3 aromatic rings. The topological polar surface area (TPSA) is 123 Å². The number of anilines is 1. The van der Waals surface area contributed by atoms with E-state index in [4.69, 9.17) is 11.5 Å². The SMILES string of the molecule is NC(=O)Cc1ccc(-c2[nH]nc(N)c2N=Nc2ccccc2)cc1. The van der Waals surface area contributed by atoms with Gasteiger partial charge in [-0.3, -0.25) is 9.89 Å². The van der Waals surface area contributed by atoms with Crippen LogP contribution in [0.2, 0.25) is 0 Å². The van der Waals surface area contributed by atoms with Crippen LogP contribution in [0.25, 0.3) is 11.3 Å². The Bertz CT molecular complexity index is 868. The van der Waals surface area contributed by atoms with Crippen LogP contribution in [0.5, 0.6) is 0 Å². The van der Waals surface area contributed by atoms with E-state index in [1.807, 2.05) is 54.6 Å². The van der Waals surface area contributed by atoms with Gasteiger partial charge in [-0.1, -0.05) is 42.5 Å². The van der Waals surface area contributed by atoms with E-state index >= 15 is 0 Å². The van der Waals surface area contributed by atoms with Gasteiger partial charge in [-0.2, -0.15) is 10.2 Å². The number of rotatable bonds is 5. The molecule has 5 N–H and O–H groups in total. The molecule has 7 heteroatoms. The zero-order valence-corrected chi connectivity index (χ0v) is 12.8. The molecule has 0 aliphatic rings. The number of carbonyl (C=O) groups is 1. The Morgan fingerprint density at radius 1 is 1.04 bits per heavy atom. The van der Waals surface area contributed by atoms with E-state index in [0.29, 0.717) is 11.4 Å². The summed E-state index contributed by atoms with van der Waals surface area (Å²) in [6, 6.07) is 16.7. The minimum absolute atomic E-state index is 0.200. The van der Waals surface area contributed by atoms with Gasteiger partial charge >= 0.3 is 0 Å². The zero-order valence-electron chi connectivity index (χ0n) is 12.8. The summed E-state index contributed by atoms with van der Waals surface area (Å²) in [6.07, 6.45) is 0.200. The highest BCUT2D eigenvalue weighted by Crippen LogP contribution is 2.34. The van der Waals surface area contributed by atoms with Crippen molar-refractivity contribution in [1.29, 1.82) is 0 Å². The van der Waals surface area contributed by atoms with Crippen molar-refractivity contribution in [3.05, 3.63) is 60.2 Å². The van der Waals surface area contributed by atoms with E-state index in [9.17, 15) is 4.79 Å². The molecular formula is C17H16N6O. The van der Waals surface area contributed by atoms with Crippen LogP contribution in [-0.4, -0.2) is 16.1 Å². The summed E-state index contributed by atoms with van der Waals surface area (Å²) < 4.78 is 0. The number of aromatic amines is 1. The number of amides is 1. The van der Waals surface area contributed by atoms with Gasteiger partial charge in [0.25, 0.3) is 0 Å². The van der Waals surface area contributed by atoms with Crippen molar-refractivity contribution in [2.45, 2.75) is 6.42 Å². The third-order valence-corrected chi connectivity index (χ3v) is 3.41. The van der Waals surface area contributed by atoms with E-state index in [0.717, 1.165) is 16.8 Å². The maximum absolute atomic E-state index is 11.0. The number of nitrogens with zero attached hydrogens (tertiary/aromatic N) is 3. The van der Waals surface area contributed by atoms with Crippen molar-refractivity contribution < 1.29 is 4.79 Å². The lowest BCUT2D eigenvalue weighted by Crippen LogP contribution is -2.13. The predicted molar refractivity (Wildman–Crippen MR) is 92.0 cm³/mol. The number of H-pyrrole nitrogens is 1. The number of nitrogen functional groups attached to an aromatic ring is 1. The van der Waals surface area contributed by atoms with Crippen LogP contribution in [0.1, 0.15) is 5.56 Å². The molecule has 0 atom stereocenters. The smallest absolute Gasteiger partial charge is 0.221 e. The molecule has 120 valence electrons. The van der Waals surface area contributed by atoms with E-state index in [-0.39, 0.29) is 18.1 Å². The Morgan fingerprint density at radius 2 is 1.75 bits per heavy atom. The van der Waals surface area contributed by atoms with Gasteiger partial charge in [0.05, 0.1) is 17.8 Å². The number of primary amides is 1. The molecule has 1 heterocycles. The molecule has 1 amide bonds. The van der Waals surface area contributed by atoms with E-state index in [1.165, 1.54) is 0 Å². The minimum Gasteiger partial charge on any atom is -0.380 e. The number of benzene rings is 2. The fourth-order valence-corrected chi connectivity index (χ4v) is 2.25. The molecule has 0 saturated carbocycles. The number of carbonyl (C=O) groups excluding carboxylic acids is 1. The molecule has 24 heavy (non-hydrogen) atoms. The van der Waals surface area contributed by atoms with Gasteiger partial charge in [-0.25, -0.2) is 0 Å². The monoisotopic (exact) mass is 320 g/mol. The molecule has 0 saturated heterocycles. The van der Waals surface area contributed by atoms with Crippen molar-refractivity contribution in [2.24, 2.45) is 16.0 Å². The Balaban J connectivity index is 1.89. The van der Waals surface area contributed by atoms with Crippen molar-refractivity contribution in [3.8, 4) is 11.3 Å². The first-order chi connectivity index (χ1) is 11.6. The second kappa shape index (κ2) is 6.74. The summed E-state index contributed by atoms with van der Waals surface area (Å²) in [6.45, 7) is 0. The lowest BCUT2D eigenvalue weighted by atomic mass is 10.1. The van der Waals surface area contributed by atoms with Crippen molar-refractivity contribution >= 4 is 23.1 Å². The van der Waals surface area contributed by atoms with Gasteiger partial charge < -0.3 is 11.5 Å². The Hall–Kier alpha value is -3.48. The average Bonchev–Trinajstić information content (AvgIpc) is 2.95. The Labute approximate surface area is 138 Å². The highest BCUT2D eigenvalue weighted by molar-refractivity contribution is 5.80. The van der Waals surface area contributed by atoms with Gasteiger partial charge in [-0.15, -0.1) is 5.11 Å². The molecule has 1 aromatic heterocycles. The first kappa shape index (κ1) is 15.4. The standard InChI is InChI=1S/C17H16N6O/c18-14(24)10-11-6-8-12(9-7-11)15-16(17(19)23-21-15)22-20-13-4-2-1-3-5-13/h1-9H,10H2,(H2,18,24)(H3,19,21,23). The first-order valence-electron chi connectivity index (χ1n) is 7.32. The van der Waals surface area contributed by atoms with Crippen molar-refractivity contribution in [1.82, 2.24) is 10.2 Å². The number of hydrogen-bond donors (Lipinski definition) is 3. The van der Waals surface area contributed by atoms with Crippen LogP contribution in [-0.2, 0) is 11.2 Å². The normalized spacial score (nSPS) is 11.0. The van der Waals surface area contributed by atoms with Gasteiger partial charge in [0, 0.05) is 5.56 Å². The van der Waals surface area contributed by atoms with E-state index in [1.54, 1.807) is 0 Å². The number of azo groups is 1. The lowest BCUT2D eigenvalue weighted by molar-refractivity contribution is -0.117. The minimum atomic E-state index is -0.370. The maximum atomic E-state index is 11.0. The summed E-state index contributed by atoms with van der Waals surface area (Å²) in [5.74, 6) is -0.100. The lowest BCUT2D eigenvalue weighted by Gasteiger charge is -2.02. The van der Waals surface area contributed by atoms with Crippen LogP contribution in [0.15, 0.2) is 64.8 Å². The van der Waals surface area contributed by atoms with Crippen LogP contribution >= 0.6 is 0 Å². The largest absolute Gasteiger partial charge is 0.380 e. The molecular weight excluding hydrogens is 304 g/mol. The molecule has 0 radical (unpaired) electrons. The quantitative estimate of drug-likeness (QED) is 0.626. The second-order valence-electron chi connectivity index (χ2n) is 5.21. The molecule has 0 spiro atoms. The van der Waals surface area contributed by atoms with E-state index in [2.05, 4.69) is 20.4 Å².